The van der Waals surface area contributed by atoms with Gasteiger partial charge in [-0.1, -0.05) is 6.92 Å². The maximum Gasteiger partial charge on any atom is 0.219 e. The molecule has 0 aromatic rings. The summed E-state index contributed by atoms with van der Waals surface area (Å²) in [4.78, 5) is 10.9. The molecular formula is C8H16NO2Si. The molecular weight excluding hydrogens is 170 g/mol. The van der Waals surface area contributed by atoms with E-state index in [1.54, 1.807) is 6.55 Å². The SMILES string of the molecule is CC(COCCC#N)C[SiH](C)[O]. The third kappa shape index (κ3) is 7.73. The van der Waals surface area contributed by atoms with Gasteiger partial charge in [0.1, 0.15) is 0 Å². The Hall–Kier alpha value is -0.373. The summed E-state index contributed by atoms with van der Waals surface area (Å²) in [5, 5.41) is 8.20. The minimum absolute atomic E-state index is 0.364. The molecule has 1 radical (unpaired) electrons. The average molecular weight is 186 g/mol. The molecule has 0 aromatic heterocycles. The zero-order valence-corrected chi connectivity index (χ0v) is 8.90. The standard InChI is InChI=1S/C8H16NO2Si/c1-8(7-12(2)10)6-11-5-3-4-9/h8,12H,3,5-7H2,1-2H3. The van der Waals surface area contributed by atoms with Gasteiger partial charge in [0.15, 0.2) is 0 Å². The maximum absolute atomic E-state index is 10.9. The first kappa shape index (κ1) is 11.6. The molecule has 0 heterocycles. The molecule has 0 spiro atoms. The van der Waals surface area contributed by atoms with Gasteiger partial charge in [0, 0.05) is 6.61 Å². The quantitative estimate of drug-likeness (QED) is 0.464. The Morgan fingerprint density at radius 3 is 2.83 bits per heavy atom. The van der Waals surface area contributed by atoms with Crippen LogP contribution >= 0.6 is 0 Å². The fourth-order valence-electron chi connectivity index (χ4n) is 1.04. The normalized spacial score (nSPS) is 15.2. The highest BCUT2D eigenvalue weighted by Gasteiger charge is 2.08. The second-order valence-electron chi connectivity index (χ2n) is 3.13. The number of hydrogen-bond donors (Lipinski definition) is 0. The topological polar surface area (TPSA) is 52.9 Å². The molecule has 0 aliphatic carbocycles. The molecule has 3 nitrogen and oxygen atoms in total. The van der Waals surface area contributed by atoms with E-state index in [9.17, 15) is 4.80 Å². The number of hydrogen-bond acceptors (Lipinski definition) is 2. The first-order valence-corrected chi connectivity index (χ1v) is 6.71. The van der Waals surface area contributed by atoms with E-state index >= 15 is 0 Å². The van der Waals surface area contributed by atoms with Gasteiger partial charge in [0.25, 0.3) is 0 Å². The summed E-state index contributed by atoms with van der Waals surface area (Å²) in [5.74, 6) is 0.364. The van der Waals surface area contributed by atoms with Crippen molar-refractivity contribution in [1.29, 1.82) is 5.26 Å². The molecule has 2 atom stereocenters. The Balaban J connectivity index is 3.20. The van der Waals surface area contributed by atoms with Crippen LogP contribution in [0.15, 0.2) is 0 Å². The molecule has 0 amide bonds. The van der Waals surface area contributed by atoms with Crippen molar-refractivity contribution in [1.82, 2.24) is 0 Å². The number of ether oxygens (including phenoxy) is 1. The second-order valence-corrected chi connectivity index (χ2v) is 5.23. The van der Waals surface area contributed by atoms with Gasteiger partial charge in [0.05, 0.1) is 19.1 Å². The summed E-state index contributed by atoms with van der Waals surface area (Å²) < 4.78 is 5.20. The summed E-state index contributed by atoms with van der Waals surface area (Å²) in [6.07, 6.45) is 0.442. The molecule has 12 heavy (non-hydrogen) atoms. The third-order valence-electron chi connectivity index (χ3n) is 1.49. The highest BCUT2D eigenvalue weighted by atomic mass is 28.3. The van der Waals surface area contributed by atoms with Gasteiger partial charge in [-0.3, -0.25) is 0 Å². The fourth-order valence-corrected chi connectivity index (χ4v) is 2.31. The minimum Gasteiger partial charge on any atom is -0.380 e. The molecule has 0 fully saturated rings. The van der Waals surface area contributed by atoms with Gasteiger partial charge < -0.3 is 9.53 Å². The largest absolute Gasteiger partial charge is 0.380 e. The lowest BCUT2D eigenvalue weighted by atomic mass is 10.2. The monoisotopic (exact) mass is 186 g/mol. The smallest absolute Gasteiger partial charge is 0.219 e. The zero-order valence-electron chi connectivity index (χ0n) is 7.75. The maximum atomic E-state index is 10.9. The molecule has 0 rings (SSSR count). The van der Waals surface area contributed by atoms with Crippen LogP contribution in [0.2, 0.25) is 12.6 Å². The summed E-state index contributed by atoms with van der Waals surface area (Å²) in [7, 11) is -1.68. The van der Waals surface area contributed by atoms with Crippen molar-refractivity contribution in [3.63, 3.8) is 0 Å². The molecule has 0 N–H and O–H groups in total. The molecule has 2 unspecified atom stereocenters. The van der Waals surface area contributed by atoms with E-state index in [-0.39, 0.29) is 0 Å². The summed E-state index contributed by atoms with van der Waals surface area (Å²) >= 11 is 0. The van der Waals surface area contributed by atoms with Crippen LogP contribution < -0.4 is 0 Å². The molecule has 0 bridgehead atoms. The van der Waals surface area contributed by atoms with Gasteiger partial charge in [0.2, 0.25) is 9.04 Å². The average Bonchev–Trinajstić information content (AvgIpc) is 1.97. The Labute approximate surface area is 75.7 Å². The summed E-state index contributed by atoms with van der Waals surface area (Å²) in [5.41, 5.74) is 0. The van der Waals surface area contributed by atoms with E-state index in [4.69, 9.17) is 10.00 Å². The van der Waals surface area contributed by atoms with Crippen molar-refractivity contribution < 1.29 is 9.53 Å². The summed E-state index contributed by atoms with van der Waals surface area (Å²) in [6.45, 7) is 4.94. The van der Waals surface area contributed by atoms with Gasteiger partial charge in [-0.15, -0.1) is 0 Å². The van der Waals surface area contributed by atoms with Crippen molar-refractivity contribution in [2.75, 3.05) is 13.2 Å². The third-order valence-corrected chi connectivity index (χ3v) is 2.96. The number of nitrogens with zero attached hydrogens (tertiary/aromatic N) is 1. The van der Waals surface area contributed by atoms with Crippen LogP contribution in [-0.4, -0.2) is 22.3 Å². The molecule has 0 aromatic carbocycles. The summed E-state index contributed by atoms with van der Waals surface area (Å²) in [6, 6.07) is 2.79. The molecule has 69 valence electrons. The van der Waals surface area contributed by atoms with Crippen molar-refractivity contribution in [3.8, 4) is 6.07 Å². The van der Waals surface area contributed by atoms with E-state index in [1.807, 2.05) is 13.0 Å². The molecule has 0 aliphatic heterocycles. The van der Waals surface area contributed by atoms with Crippen LogP contribution in [0.4, 0.5) is 0 Å². The van der Waals surface area contributed by atoms with Crippen LogP contribution in [0.25, 0.3) is 0 Å². The van der Waals surface area contributed by atoms with E-state index in [0.717, 1.165) is 6.04 Å². The van der Waals surface area contributed by atoms with Crippen molar-refractivity contribution in [3.05, 3.63) is 0 Å². The Morgan fingerprint density at radius 2 is 2.33 bits per heavy atom. The molecule has 0 aliphatic rings. The Bertz CT molecular complexity index is 144. The van der Waals surface area contributed by atoms with E-state index in [2.05, 4.69) is 0 Å². The second kappa shape index (κ2) is 7.29. The van der Waals surface area contributed by atoms with Crippen LogP contribution in [0.5, 0.6) is 0 Å². The van der Waals surface area contributed by atoms with Crippen LogP contribution in [-0.2, 0) is 9.53 Å². The van der Waals surface area contributed by atoms with Gasteiger partial charge >= 0.3 is 0 Å². The van der Waals surface area contributed by atoms with Crippen LogP contribution in [0, 0.1) is 17.2 Å². The number of rotatable bonds is 6. The molecule has 0 saturated carbocycles. The van der Waals surface area contributed by atoms with Crippen LogP contribution in [0.3, 0.4) is 0 Å². The van der Waals surface area contributed by atoms with Gasteiger partial charge in [-0.2, -0.15) is 5.26 Å². The predicted molar refractivity (Wildman–Crippen MR) is 48.7 cm³/mol. The first-order valence-electron chi connectivity index (χ1n) is 4.27. The fraction of sp³-hybridized carbons (Fsp3) is 0.875. The molecule has 0 saturated heterocycles. The first-order chi connectivity index (χ1) is 5.66. The Morgan fingerprint density at radius 1 is 1.67 bits per heavy atom. The van der Waals surface area contributed by atoms with E-state index < -0.39 is 9.04 Å². The Kier molecular flexibility index (Phi) is 7.06. The lowest BCUT2D eigenvalue weighted by Crippen LogP contribution is -2.14. The highest BCUT2D eigenvalue weighted by Crippen LogP contribution is 2.05. The minimum atomic E-state index is -1.68. The lowest BCUT2D eigenvalue weighted by Gasteiger charge is -2.10. The van der Waals surface area contributed by atoms with E-state index in [1.165, 1.54) is 0 Å². The van der Waals surface area contributed by atoms with Gasteiger partial charge in [-0.05, 0) is 18.5 Å². The van der Waals surface area contributed by atoms with Gasteiger partial charge in [-0.25, -0.2) is 0 Å². The zero-order chi connectivity index (χ0) is 9.40. The lowest BCUT2D eigenvalue weighted by molar-refractivity contribution is 0.113. The highest BCUT2D eigenvalue weighted by molar-refractivity contribution is 6.48. The van der Waals surface area contributed by atoms with Crippen molar-refractivity contribution in [2.24, 2.45) is 5.92 Å². The van der Waals surface area contributed by atoms with Crippen LogP contribution in [0.1, 0.15) is 13.3 Å². The predicted octanol–water partition coefficient (Wildman–Crippen LogP) is 1.34. The van der Waals surface area contributed by atoms with Crippen molar-refractivity contribution >= 4 is 9.04 Å². The van der Waals surface area contributed by atoms with Crippen molar-refractivity contribution in [2.45, 2.75) is 25.9 Å². The molecule has 4 heteroatoms. The van der Waals surface area contributed by atoms with E-state index in [0.29, 0.717) is 25.6 Å². The number of nitriles is 1.